The maximum atomic E-state index is 11.2. The Labute approximate surface area is 207 Å². The van der Waals surface area contributed by atoms with E-state index in [0.717, 1.165) is 48.7 Å². The molecule has 0 N–H and O–H groups in total. The number of rotatable bonds is 5. The predicted octanol–water partition coefficient (Wildman–Crippen LogP) is 3.37. The number of aromatic nitrogens is 2. The average molecular weight is 501 g/mol. The molecule has 1 unspecified atom stereocenters. The molecule has 3 aromatic rings. The van der Waals surface area contributed by atoms with Crippen LogP contribution in [-0.2, 0) is 0 Å². The first kappa shape index (κ1) is 26.1. The van der Waals surface area contributed by atoms with Crippen LogP contribution in [-0.4, -0.2) is 37.6 Å². The molecule has 0 spiro atoms. The van der Waals surface area contributed by atoms with Gasteiger partial charge in [0.05, 0.1) is 40.2 Å². The highest BCUT2D eigenvalue weighted by Gasteiger charge is 2.45. The van der Waals surface area contributed by atoms with Crippen molar-refractivity contribution in [1.29, 1.82) is 0 Å². The molecular formula is C25H32ClN5O2P-. The molecule has 0 bridgehead atoms. The van der Waals surface area contributed by atoms with Crippen molar-refractivity contribution in [2.45, 2.75) is 52.6 Å². The first-order valence-electron chi connectivity index (χ1n) is 11.4. The zero-order chi connectivity index (χ0) is 23.8. The van der Waals surface area contributed by atoms with Crippen molar-refractivity contribution in [1.82, 2.24) is 14.5 Å². The smallest absolute Gasteiger partial charge is 0.269 e. The quantitative estimate of drug-likeness (QED) is 0.306. The van der Waals surface area contributed by atoms with Gasteiger partial charge < -0.3 is 12.4 Å². The molecule has 7 nitrogen and oxygen atoms in total. The minimum Gasteiger partial charge on any atom is -1.00 e. The highest BCUT2D eigenvalue weighted by molar-refractivity contribution is 7.73. The van der Waals surface area contributed by atoms with Crippen molar-refractivity contribution < 1.29 is 17.3 Å². The predicted molar refractivity (Wildman–Crippen MR) is 135 cm³/mol. The Morgan fingerprint density at radius 2 is 1.59 bits per heavy atom. The molecule has 1 saturated heterocycles. The lowest BCUT2D eigenvalue weighted by Gasteiger charge is -2.44. The van der Waals surface area contributed by atoms with E-state index in [1.54, 1.807) is 24.3 Å². The molecule has 9 heteroatoms. The van der Waals surface area contributed by atoms with E-state index in [1.807, 2.05) is 22.9 Å². The lowest BCUT2D eigenvalue weighted by atomic mass is 10.3. The summed E-state index contributed by atoms with van der Waals surface area (Å²) in [5, 5.41) is 17.2. The van der Waals surface area contributed by atoms with Gasteiger partial charge >= 0.3 is 0 Å². The summed E-state index contributed by atoms with van der Waals surface area (Å²) in [4.78, 5) is 10.8. The molecule has 1 fully saturated rings. The summed E-state index contributed by atoms with van der Waals surface area (Å²) >= 11 is 0. The number of hydrogen-bond donors (Lipinski definition) is 0. The molecular weight excluding hydrogens is 469 g/mol. The first-order valence-corrected chi connectivity index (χ1v) is 13.1. The Balaban J connectivity index is 0.00000324. The molecule has 34 heavy (non-hydrogen) atoms. The van der Waals surface area contributed by atoms with E-state index in [2.05, 4.69) is 51.4 Å². The lowest BCUT2D eigenvalue weighted by molar-refractivity contribution is -0.384. The van der Waals surface area contributed by atoms with Crippen LogP contribution in [0, 0.1) is 24.0 Å². The number of para-hydroxylation sites is 1. The Kier molecular flexibility index (Phi) is 7.71. The fraction of sp³-hybridized carbons (Fsp3) is 0.400. The number of halogens is 1. The standard InChI is InChI=1S/C25H32N5O2P.ClH/c1-19-24(20(2)29(26-19)22-11-7-6-8-12-22)33(25(3,4)5,28-17-9-10-18-28)27-21-13-15-23(16-14-21)30(31)32;/h6-8,11-16H,9-10,17-18H2,1-5H3;1H/p-1. The fourth-order valence-electron chi connectivity index (χ4n) is 4.87. The number of nitro groups is 1. The van der Waals surface area contributed by atoms with Crippen LogP contribution in [0.1, 0.15) is 45.0 Å². The Morgan fingerprint density at radius 1 is 1.00 bits per heavy atom. The van der Waals surface area contributed by atoms with Crippen LogP contribution in [0.2, 0.25) is 0 Å². The second-order valence-corrected chi connectivity index (χ2v) is 13.3. The van der Waals surface area contributed by atoms with E-state index in [9.17, 15) is 10.1 Å². The highest BCUT2D eigenvalue weighted by atomic mass is 35.5. The van der Waals surface area contributed by atoms with E-state index in [1.165, 1.54) is 5.30 Å². The Hall–Kier alpha value is -2.47. The van der Waals surface area contributed by atoms with Crippen LogP contribution in [0.15, 0.2) is 59.3 Å². The minimum absolute atomic E-state index is 0. The second-order valence-electron chi connectivity index (χ2n) is 9.57. The van der Waals surface area contributed by atoms with Crippen LogP contribution < -0.4 is 17.7 Å². The van der Waals surface area contributed by atoms with Crippen LogP contribution in [0.3, 0.4) is 0 Å². The third-order valence-electron chi connectivity index (χ3n) is 6.31. The number of nitrogens with zero attached hydrogens (tertiary/aromatic N) is 5. The molecule has 0 amide bonds. The van der Waals surface area contributed by atoms with E-state index in [-0.39, 0.29) is 28.2 Å². The third kappa shape index (κ3) is 4.57. The second kappa shape index (κ2) is 10.0. The van der Waals surface area contributed by atoms with Gasteiger partial charge in [0.15, 0.2) is 0 Å². The molecule has 0 aliphatic carbocycles. The van der Waals surface area contributed by atoms with Gasteiger partial charge in [0.1, 0.15) is 0 Å². The van der Waals surface area contributed by atoms with Crippen molar-refractivity contribution in [3.63, 3.8) is 0 Å². The molecule has 1 aromatic heterocycles. The van der Waals surface area contributed by atoms with Gasteiger partial charge in [-0.25, -0.2) is 9.43 Å². The van der Waals surface area contributed by atoms with E-state index in [0.29, 0.717) is 0 Å². The molecule has 2 aromatic carbocycles. The Morgan fingerprint density at radius 3 is 2.12 bits per heavy atom. The molecule has 0 saturated carbocycles. The highest BCUT2D eigenvalue weighted by Crippen LogP contribution is 2.65. The number of benzene rings is 2. The lowest BCUT2D eigenvalue weighted by Crippen LogP contribution is -3.00. The molecule has 182 valence electrons. The maximum absolute atomic E-state index is 11.2. The van der Waals surface area contributed by atoms with Crippen LogP contribution >= 0.6 is 7.21 Å². The molecule has 4 rings (SSSR count). The van der Waals surface area contributed by atoms with E-state index in [4.69, 9.17) is 9.84 Å². The number of non-ortho nitro benzene ring substituents is 1. The van der Waals surface area contributed by atoms with Gasteiger partial charge in [-0.15, -0.1) is 0 Å². The first-order chi connectivity index (χ1) is 15.6. The van der Waals surface area contributed by atoms with Gasteiger partial charge in [0.2, 0.25) is 0 Å². The topological polar surface area (TPSA) is 76.6 Å². The molecule has 1 atom stereocenters. The van der Waals surface area contributed by atoms with Gasteiger partial charge in [-0.3, -0.25) is 14.8 Å². The zero-order valence-electron chi connectivity index (χ0n) is 20.4. The van der Waals surface area contributed by atoms with E-state index < -0.39 is 7.21 Å². The fourth-order valence-corrected chi connectivity index (χ4v) is 9.57. The van der Waals surface area contributed by atoms with E-state index >= 15 is 0 Å². The number of nitro benzene ring substituents is 1. The largest absolute Gasteiger partial charge is 1.00 e. The average Bonchev–Trinajstić information content (AvgIpc) is 3.41. The maximum Gasteiger partial charge on any atom is 0.269 e. The molecule has 2 heterocycles. The molecule has 0 radical (unpaired) electrons. The minimum atomic E-state index is -2.31. The van der Waals surface area contributed by atoms with Gasteiger partial charge in [-0.2, -0.15) is 5.10 Å². The van der Waals surface area contributed by atoms with Gasteiger partial charge in [0, 0.05) is 30.4 Å². The van der Waals surface area contributed by atoms with Crippen molar-refractivity contribution in [2.75, 3.05) is 13.1 Å². The van der Waals surface area contributed by atoms with Crippen molar-refractivity contribution in [3.8, 4) is 5.69 Å². The number of hydrogen-bond acceptors (Lipinski definition) is 4. The van der Waals surface area contributed by atoms with Crippen LogP contribution in [0.4, 0.5) is 11.4 Å². The zero-order valence-corrected chi connectivity index (χ0v) is 22.1. The molecule has 1 aliphatic heterocycles. The van der Waals surface area contributed by atoms with Gasteiger partial charge in [-0.1, -0.05) is 39.0 Å². The number of aryl methyl sites for hydroxylation is 1. The summed E-state index contributed by atoms with van der Waals surface area (Å²) in [6.07, 6.45) is 2.30. The summed E-state index contributed by atoms with van der Waals surface area (Å²) in [6.45, 7) is 13.0. The summed E-state index contributed by atoms with van der Waals surface area (Å²) in [5.74, 6) is 0. The third-order valence-corrected chi connectivity index (χ3v) is 11.2. The van der Waals surface area contributed by atoms with Gasteiger partial charge in [0.25, 0.3) is 5.69 Å². The van der Waals surface area contributed by atoms with Crippen LogP contribution in [0.25, 0.3) is 5.69 Å². The Bertz CT molecular complexity index is 1210. The normalized spacial score (nSPS) is 16.0. The summed E-state index contributed by atoms with van der Waals surface area (Å²) in [7, 11) is -2.31. The van der Waals surface area contributed by atoms with Gasteiger partial charge in [-0.05, 0) is 51.0 Å². The summed E-state index contributed by atoms with van der Waals surface area (Å²) < 4.78 is 10.1. The summed E-state index contributed by atoms with van der Waals surface area (Å²) in [6, 6.07) is 16.9. The monoisotopic (exact) mass is 500 g/mol. The van der Waals surface area contributed by atoms with Crippen molar-refractivity contribution >= 4 is 23.9 Å². The van der Waals surface area contributed by atoms with Crippen molar-refractivity contribution in [3.05, 3.63) is 76.1 Å². The SMILES string of the molecule is Cc1nn(-c2ccccc2)c(C)c1P(=Nc1ccc([N+](=O)[O-])cc1)(N1CCCC1)C(C)(C)C.[Cl-]. The summed E-state index contributed by atoms with van der Waals surface area (Å²) in [5.41, 5.74) is 4.01. The van der Waals surface area contributed by atoms with Crippen molar-refractivity contribution in [2.24, 2.45) is 4.74 Å². The van der Waals surface area contributed by atoms with Crippen LogP contribution in [0.5, 0.6) is 0 Å². The molecule has 1 aliphatic rings.